The fourth-order valence-corrected chi connectivity index (χ4v) is 4.28. The molecule has 3 aromatic carbocycles. The summed E-state index contributed by atoms with van der Waals surface area (Å²) in [5.41, 5.74) is 2.89. The zero-order valence-corrected chi connectivity index (χ0v) is 20.4. The number of benzene rings is 3. The summed E-state index contributed by atoms with van der Waals surface area (Å²) in [6.45, 7) is 0.830. The largest absolute Gasteiger partial charge is 0.388 e. The van der Waals surface area contributed by atoms with E-state index >= 15 is 0 Å². The number of aliphatic hydroxyl groups excluding tert-OH is 2. The molecule has 0 amide bonds. The van der Waals surface area contributed by atoms with Gasteiger partial charge in [0.05, 0.1) is 26.4 Å². The average Bonchev–Trinajstić information content (AvgIpc) is 2.92. The summed E-state index contributed by atoms with van der Waals surface area (Å²) in [6, 6.07) is 29.2. The van der Waals surface area contributed by atoms with E-state index < -0.39 is 36.8 Å². The zero-order chi connectivity index (χ0) is 25.2. The normalized spacial score (nSPS) is 24.9. The van der Waals surface area contributed by atoms with Gasteiger partial charge in [0.1, 0.15) is 30.5 Å². The molecule has 3 aromatic rings. The van der Waals surface area contributed by atoms with Gasteiger partial charge < -0.3 is 33.9 Å². The van der Waals surface area contributed by atoms with Crippen LogP contribution in [0.25, 0.3) is 0 Å². The maximum Gasteiger partial charge on any atom is 0.184 e. The molecule has 0 radical (unpaired) electrons. The van der Waals surface area contributed by atoms with Crippen LogP contribution in [0.5, 0.6) is 0 Å². The van der Waals surface area contributed by atoms with Crippen LogP contribution >= 0.6 is 0 Å². The number of hydrogen-bond donors (Lipinski definition) is 2. The standard InChI is InChI=1S/C29H34O7/c1-32-20-24(30)25-26(33-17-21-11-5-2-6-12-21)27(34-18-22-13-7-3-8-14-22)28(29(31)36-25)35-19-23-15-9-4-10-16-23/h2-16,24-31H,17-20H2,1H3/t24-,25+,26-,27-,28+,29-/m0/s1. The molecule has 7 nitrogen and oxygen atoms in total. The van der Waals surface area contributed by atoms with Crippen molar-refractivity contribution in [1.29, 1.82) is 0 Å². The molecule has 192 valence electrons. The Hall–Kier alpha value is -2.62. The van der Waals surface area contributed by atoms with Crippen LogP contribution in [-0.4, -0.2) is 60.7 Å². The number of aliphatic hydroxyl groups is 2. The Morgan fingerprint density at radius 2 is 1.08 bits per heavy atom. The molecule has 1 heterocycles. The minimum Gasteiger partial charge on any atom is -0.388 e. The van der Waals surface area contributed by atoms with E-state index in [4.69, 9.17) is 23.7 Å². The Bertz CT molecular complexity index is 1000. The summed E-state index contributed by atoms with van der Waals surface area (Å²) in [7, 11) is 1.50. The Kier molecular flexibility index (Phi) is 10.0. The van der Waals surface area contributed by atoms with Gasteiger partial charge in [-0.05, 0) is 16.7 Å². The number of methoxy groups -OCH3 is 1. The van der Waals surface area contributed by atoms with Crippen molar-refractivity contribution in [2.24, 2.45) is 0 Å². The minimum atomic E-state index is -1.33. The SMILES string of the molecule is COC[C@H](O)[C@H]1O[C@H](O)[C@H](OCc2ccccc2)[C@@H](OCc2ccccc2)[C@H]1OCc1ccccc1. The van der Waals surface area contributed by atoms with Gasteiger partial charge in [-0.1, -0.05) is 91.0 Å². The van der Waals surface area contributed by atoms with Gasteiger partial charge in [0.2, 0.25) is 0 Å². The second kappa shape index (κ2) is 13.6. The lowest BCUT2D eigenvalue weighted by Gasteiger charge is -2.45. The predicted octanol–water partition coefficient (Wildman–Crippen LogP) is 3.47. The van der Waals surface area contributed by atoms with E-state index in [9.17, 15) is 10.2 Å². The van der Waals surface area contributed by atoms with E-state index in [1.165, 1.54) is 7.11 Å². The van der Waals surface area contributed by atoms with Gasteiger partial charge >= 0.3 is 0 Å². The minimum absolute atomic E-state index is 0.0174. The first kappa shape index (κ1) is 26.4. The van der Waals surface area contributed by atoms with Gasteiger partial charge in [-0.15, -0.1) is 0 Å². The molecule has 36 heavy (non-hydrogen) atoms. The van der Waals surface area contributed by atoms with Crippen LogP contribution in [0.1, 0.15) is 16.7 Å². The molecule has 2 N–H and O–H groups in total. The van der Waals surface area contributed by atoms with Crippen LogP contribution < -0.4 is 0 Å². The third-order valence-electron chi connectivity index (χ3n) is 6.12. The number of ether oxygens (including phenoxy) is 5. The molecular weight excluding hydrogens is 460 g/mol. The van der Waals surface area contributed by atoms with Gasteiger partial charge in [-0.3, -0.25) is 0 Å². The van der Waals surface area contributed by atoms with Gasteiger partial charge in [0, 0.05) is 7.11 Å². The van der Waals surface area contributed by atoms with Crippen molar-refractivity contribution in [3.63, 3.8) is 0 Å². The van der Waals surface area contributed by atoms with Crippen molar-refractivity contribution in [2.75, 3.05) is 13.7 Å². The lowest BCUT2D eigenvalue weighted by molar-refractivity contribution is -0.325. The van der Waals surface area contributed by atoms with Crippen molar-refractivity contribution >= 4 is 0 Å². The van der Waals surface area contributed by atoms with E-state index in [-0.39, 0.29) is 26.4 Å². The van der Waals surface area contributed by atoms with Crippen LogP contribution in [-0.2, 0) is 43.5 Å². The predicted molar refractivity (Wildman–Crippen MR) is 134 cm³/mol. The van der Waals surface area contributed by atoms with Gasteiger partial charge in [-0.2, -0.15) is 0 Å². The molecule has 0 aliphatic carbocycles. The third-order valence-corrected chi connectivity index (χ3v) is 6.12. The van der Waals surface area contributed by atoms with Crippen LogP contribution in [0.2, 0.25) is 0 Å². The van der Waals surface area contributed by atoms with E-state index in [1.54, 1.807) is 0 Å². The van der Waals surface area contributed by atoms with Crippen molar-refractivity contribution in [1.82, 2.24) is 0 Å². The van der Waals surface area contributed by atoms with E-state index in [2.05, 4.69) is 0 Å². The molecule has 4 rings (SSSR count). The summed E-state index contributed by atoms with van der Waals surface area (Å²) < 4.78 is 29.9. The summed E-state index contributed by atoms with van der Waals surface area (Å²) in [5.74, 6) is 0. The third kappa shape index (κ3) is 7.21. The first-order valence-corrected chi connectivity index (χ1v) is 12.1. The van der Waals surface area contributed by atoms with Gasteiger partial charge in [0.25, 0.3) is 0 Å². The molecule has 0 aromatic heterocycles. The summed E-state index contributed by atoms with van der Waals surface area (Å²) in [6.07, 6.45) is -5.56. The number of rotatable bonds is 12. The van der Waals surface area contributed by atoms with Crippen LogP contribution in [0.4, 0.5) is 0 Å². The Balaban J connectivity index is 1.59. The highest BCUT2D eigenvalue weighted by molar-refractivity contribution is 5.15. The Morgan fingerprint density at radius 1 is 0.667 bits per heavy atom. The Morgan fingerprint density at radius 3 is 1.53 bits per heavy atom. The van der Waals surface area contributed by atoms with Crippen molar-refractivity contribution in [2.45, 2.75) is 56.6 Å². The molecule has 0 unspecified atom stereocenters. The molecule has 1 saturated heterocycles. The molecule has 6 atom stereocenters. The lowest BCUT2D eigenvalue weighted by Crippen LogP contribution is -2.63. The van der Waals surface area contributed by atoms with Crippen molar-refractivity contribution < 1.29 is 33.9 Å². The Labute approximate surface area is 212 Å². The topological polar surface area (TPSA) is 86.6 Å². The first-order valence-electron chi connectivity index (χ1n) is 12.1. The molecule has 1 aliphatic rings. The average molecular weight is 495 g/mol. The van der Waals surface area contributed by atoms with E-state index in [1.807, 2.05) is 91.0 Å². The van der Waals surface area contributed by atoms with Gasteiger partial charge in [0.15, 0.2) is 6.29 Å². The maximum atomic E-state index is 11.0. The van der Waals surface area contributed by atoms with E-state index in [0.29, 0.717) is 0 Å². The fraction of sp³-hybridized carbons (Fsp3) is 0.379. The number of hydrogen-bond acceptors (Lipinski definition) is 7. The van der Waals surface area contributed by atoms with E-state index in [0.717, 1.165) is 16.7 Å². The van der Waals surface area contributed by atoms with Gasteiger partial charge in [-0.25, -0.2) is 0 Å². The quantitative estimate of drug-likeness (QED) is 0.399. The highest BCUT2D eigenvalue weighted by atomic mass is 16.7. The second-order valence-electron chi connectivity index (χ2n) is 8.80. The highest BCUT2D eigenvalue weighted by Crippen LogP contribution is 2.31. The molecular formula is C29H34O7. The summed E-state index contributed by atoms with van der Waals surface area (Å²) in [5, 5.41) is 21.8. The highest BCUT2D eigenvalue weighted by Gasteiger charge is 2.50. The maximum absolute atomic E-state index is 11.0. The molecule has 7 heteroatoms. The lowest BCUT2D eigenvalue weighted by atomic mass is 9.94. The smallest absolute Gasteiger partial charge is 0.184 e. The summed E-state index contributed by atoms with van der Waals surface area (Å²) >= 11 is 0. The second-order valence-corrected chi connectivity index (χ2v) is 8.80. The van der Waals surface area contributed by atoms with Crippen LogP contribution in [0, 0.1) is 0 Å². The molecule has 0 spiro atoms. The zero-order valence-electron chi connectivity index (χ0n) is 20.4. The van der Waals surface area contributed by atoms with Crippen molar-refractivity contribution in [3.8, 4) is 0 Å². The van der Waals surface area contributed by atoms with Crippen LogP contribution in [0.3, 0.4) is 0 Å². The monoisotopic (exact) mass is 494 g/mol. The molecule has 0 saturated carbocycles. The first-order chi connectivity index (χ1) is 17.7. The summed E-state index contributed by atoms with van der Waals surface area (Å²) in [4.78, 5) is 0. The van der Waals surface area contributed by atoms with Crippen LogP contribution in [0.15, 0.2) is 91.0 Å². The molecule has 1 aliphatic heterocycles. The molecule has 1 fully saturated rings. The molecule has 0 bridgehead atoms. The fourth-order valence-electron chi connectivity index (χ4n) is 4.28. The van der Waals surface area contributed by atoms with Crippen molar-refractivity contribution in [3.05, 3.63) is 108 Å².